The second-order valence-electron chi connectivity index (χ2n) is 5.75. The van der Waals surface area contributed by atoms with Crippen molar-refractivity contribution in [2.75, 3.05) is 13.1 Å². The highest BCUT2D eigenvalue weighted by atomic mass is 16.4. The van der Waals surface area contributed by atoms with Gasteiger partial charge in [0, 0.05) is 6.54 Å². The number of carbonyl (C=O) groups excluding carboxylic acids is 3. The summed E-state index contributed by atoms with van der Waals surface area (Å²) in [4.78, 5) is 58.7. The summed E-state index contributed by atoms with van der Waals surface area (Å²) in [5.74, 6) is -4.60. The number of rotatable bonds is 8. The highest BCUT2D eigenvalue weighted by Crippen LogP contribution is 2.17. The van der Waals surface area contributed by atoms with Gasteiger partial charge in [-0.2, -0.15) is 0 Å². The predicted molar refractivity (Wildman–Crippen MR) is 83.2 cm³/mol. The van der Waals surface area contributed by atoms with Crippen LogP contribution in [-0.4, -0.2) is 76.0 Å². The Hall–Kier alpha value is -2.69. The van der Waals surface area contributed by atoms with E-state index in [1.54, 1.807) is 0 Å². The summed E-state index contributed by atoms with van der Waals surface area (Å²) < 4.78 is 0. The molecule has 1 fully saturated rings. The molecular weight excluding hydrogens is 336 g/mol. The van der Waals surface area contributed by atoms with Crippen molar-refractivity contribution in [3.63, 3.8) is 0 Å². The van der Waals surface area contributed by atoms with Crippen LogP contribution in [-0.2, 0) is 24.0 Å². The Labute approximate surface area is 143 Å². The molecule has 0 radical (unpaired) electrons. The van der Waals surface area contributed by atoms with Crippen LogP contribution in [0.1, 0.15) is 26.2 Å². The van der Waals surface area contributed by atoms with Crippen LogP contribution in [0.5, 0.6) is 0 Å². The van der Waals surface area contributed by atoms with Crippen LogP contribution < -0.4 is 16.4 Å². The van der Waals surface area contributed by atoms with Gasteiger partial charge in [-0.1, -0.05) is 0 Å². The number of nitrogens with two attached hydrogens (primary N) is 1. The van der Waals surface area contributed by atoms with Crippen molar-refractivity contribution in [2.24, 2.45) is 5.73 Å². The number of carbonyl (C=O) groups is 5. The average molecular weight is 358 g/mol. The van der Waals surface area contributed by atoms with Crippen molar-refractivity contribution in [1.82, 2.24) is 15.5 Å². The minimum absolute atomic E-state index is 0.269. The Balaban J connectivity index is 2.63. The molecule has 1 aliphatic rings. The molecule has 11 heteroatoms. The van der Waals surface area contributed by atoms with Crippen molar-refractivity contribution in [3.8, 4) is 0 Å². The Morgan fingerprint density at radius 3 is 2.36 bits per heavy atom. The van der Waals surface area contributed by atoms with Crippen LogP contribution in [0.3, 0.4) is 0 Å². The Morgan fingerprint density at radius 1 is 1.20 bits per heavy atom. The second-order valence-corrected chi connectivity index (χ2v) is 5.75. The summed E-state index contributed by atoms with van der Waals surface area (Å²) >= 11 is 0. The molecule has 0 aromatic heterocycles. The minimum Gasteiger partial charge on any atom is -0.481 e. The zero-order valence-corrected chi connectivity index (χ0v) is 13.7. The van der Waals surface area contributed by atoms with E-state index in [2.05, 4.69) is 10.6 Å². The number of hydrogen-bond donors (Lipinski definition) is 5. The van der Waals surface area contributed by atoms with Gasteiger partial charge in [0.05, 0.1) is 19.0 Å². The van der Waals surface area contributed by atoms with E-state index in [0.717, 1.165) is 4.90 Å². The lowest BCUT2D eigenvalue weighted by atomic mass is 10.1. The number of carboxylic acid groups (broad SMARTS) is 2. The maximum absolute atomic E-state index is 12.1. The standard InChI is InChI=1S/C14H22N4O7/c1-7(15)12(22)17-8(5-11(20)21)13(23)16-6-10(19)18-4-2-3-9(18)14(24)25/h7-9H,2-6,15H2,1H3,(H,16,23)(H,17,22)(H,20,21)(H,24,25). The first-order valence-corrected chi connectivity index (χ1v) is 7.71. The van der Waals surface area contributed by atoms with E-state index in [1.807, 2.05) is 0 Å². The molecule has 0 saturated carbocycles. The maximum atomic E-state index is 12.1. The summed E-state index contributed by atoms with van der Waals surface area (Å²) in [5.41, 5.74) is 5.36. The Bertz CT molecular complexity index is 563. The third-order valence-corrected chi connectivity index (χ3v) is 3.70. The van der Waals surface area contributed by atoms with Gasteiger partial charge in [0.1, 0.15) is 12.1 Å². The number of hydrogen-bond acceptors (Lipinski definition) is 6. The monoisotopic (exact) mass is 358 g/mol. The van der Waals surface area contributed by atoms with E-state index in [-0.39, 0.29) is 6.54 Å². The molecule has 3 unspecified atom stereocenters. The Kier molecular flexibility index (Phi) is 7.30. The van der Waals surface area contributed by atoms with Gasteiger partial charge in [-0.3, -0.25) is 19.2 Å². The molecule has 0 aromatic rings. The number of likely N-dealkylation sites (tertiary alicyclic amines) is 1. The lowest BCUT2D eigenvalue weighted by Crippen LogP contribution is -2.53. The van der Waals surface area contributed by atoms with Crippen molar-refractivity contribution >= 4 is 29.7 Å². The van der Waals surface area contributed by atoms with Crippen molar-refractivity contribution in [3.05, 3.63) is 0 Å². The molecular formula is C14H22N4O7. The molecule has 25 heavy (non-hydrogen) atoms. The Morgan fingerprint density at radius 2 is 1.84 bits per heavy atom. The lowest BCUT2D eigenvalue weighted by Gasteiger charge is -2.22. The van der Waals surface area contributed by atoms with E-state index in [0.29, 0.717) is 12.8 Å². The summed E-state index contributed by atoms with van der Waals surface area (Å²) in [5, 5.41) is 22.3. The molecule has 0 aromatic carbocycles. The smallest absolute Gasteiger partial charge is 0.326 e. The largest absolute Gasteiger partial charge is 0.481 e. The second kappa shape index (κ2) is 8.97. The van der Waals surface area contributed by atoms with Crippen molar-refractivity contribution < 1.29 is 34.2 Å². The molecule has 11 nitrogen and oxygen atoms in total. The normalized spacial score (nSPS) is 19.0. The molecule has 1 saturated heterocycles. The summed E-state index contributed by atoms with van der Waals surface area (Å²) in [6.07, 6.45) is 0.198. The first-order chi connectivity index (χ1) is 11.6. The summed E-state index contributed by atoms with van der Waals surface area (Å²) in [6, 6.07) is -3.26. The van der Waals surface area contributed by atoms with Gasteiger partial charge in [-0.05, 0) is 19.8 Å². The van der Waals surface area contributed by atoms with E-state index in [1.165, 1.54) is 6.92 Å². The molecule has 1 aliphatic heterocycles. The lowest BCUT2D eigenvalue weighted by molar-refractivity contribution is -0.148. The predicted octanol–water partition coefficient (Wildman–Crippen LogP) is -2.52. The van der Waals surface area contributed by atoms with Gasteiger partial charge in [-0.15, -0.1) is 0 Å². The molecule has 1 heterocycles. The van der Waals surface area contributed by atoms with Gasteiger partial charge < -0.3 is 31.5 Å². The quantitative estimate of drug-likeness (QED) is 0.315. The van der Waals surface area contributed by atoms with Crippen molar-refractivity contribution in [1.29, 1.82) is 0 Å². The van der Waals surface area contributed by atoms with Crippen LogP contribution in [0.2, 0.25) is 0 Å². The number of amides is 3. The molecule has 6 N–H and O–H groups in total. The van der Waals surface area contributed by atoms with Crippen molar-refractivity contribution in [2.45, 2.75) is 44.3 Å². The number of nitrogens with zero attached hydrogens (tertiary/aromatic N) is 1. The van der Waals surface area contributed by atoms with Crippen LogP contribution in [0, 0.1) is 0 Å². The van der Waals surface area contributed by atoms with Crippen LogP contribution >= 0.6 is 0 Å². The summed E-state index contributed by atoms with van der Waals surface area (Å²) in [6.45, 7) is 1.15. The first-order valence-electron chi connectivity index (χ1n) is 7.71. The number of carboxylic acids is 2. The van der Waals surface area contributed by atoms with Gasteiger partial charge in [0.25, 0.3) is 0 Å². The zero-order valence-electron chi connectivity index (χ0n) is 13.7. The van der Waals surface area contributed by atoms with E-state index in [9.17, 15) is 24.0 Å². The molecule has 3 atom stereocenters. The van der Waals surface area contributed by atoms with Gasteiger partial charge in [0.2, 0.25) is 17.7 Å². The molecule has 1 rings (SSSR count). The highest BCUT2D eigenvalue weighted by Gasteiger charge is 2.34. The van der Waals surface area contributed by atoms with Gasteiger partial charge in [-0.25, -0.2) is 4.79 Å². The third-order valence-electron chi connectivity index (χ3n) is 3.70. The van der Waals surface area contributed by atoms with Crippen LogP contribution in [0.25, 0.3) is 0 Å². The fraction of sp³-hybridized carbons (Fsp3) is 0.643. The molecule has 0 bridgehead atoms. The fourth-order valence-corrected chi connectivity index (χ4v) is 2.40. The van der Waals surface area contributed by atoms with Crippen LogP contribution in [0.15, 0.2) is 0 Å². The minimum atomic E-state index is -1.39. The van der Waals surface area contributed by atoms with E-state index < -0.39 is 60.8 Å². The van der Waals surface area contributed by atoms with Crippen LogP contribution in [0.4, 0.5) is 0 Å². The van der Waals surface area contributed by atoms with Gasteiger partial charge >= 0.3 is 11.9 Å². The zero-order chi connectivity index (χ0) is 19.1. The maximum Gasteiger partial charge on any atom is 0.326 e. The summed E-state index contributed by atoms with van der Waals surface area (Å²) in [7, 11) is 0. The average Bonchev–Trinajstić information content (AvgIpc) is 3.00. The fourth-order valence-electron chi connectivity index (χ4n) is 2.40. The topological polar surface area (TPSA) is 179 Å². The molecule has 140 valence electrons. The molecule has 0 spiro atoms. The highest BCUT2D eigenvalue weighted by molar-refractivity contribution is 5.94. The molecule has 0 aliphatic carbocycles. The number of nitrogens with one attached hydrogen (secondary N) is 2. The number of aliphatic carboxylic acids is 2. The third kappa shape index (κ3) is 6.03. The molecule has 3 amide bonds. The van der Waals surface area contributed by atoms with E-state index >= 15 is 0 Å². The van der Waals surface area contributed by atoms with E-state index in [4.69, 9.17) is 15.9 Å². The SMILES string of the molecule is CC(N)C(=O)NC(CC(=O)O)C(=O)NCC(=O)N1CCCC1C(=O)O. The van der Waals surface area contributed by atoms with Gasteiger partial charge in [0.15, 0.2) is 0 Å². The first kappa shape index (κ1) is 20.4.